The molecule has 0 fully saturated rings. The van der Waals surface area contributed by atoms with Gasteiger partial charge in [0.05, 0.1) is 0 Å². The molecular weight excluding hydrogens is 212 g/mol. The Morgan fingerprint density at radius 2 is 1.94 bits per heavy atom. The number of fused-ring (bicyclic) bond motifs is 1. The largest absolute Gasteiger partial charge is 0.449 e. The minimum Gasteiger partial charge on any atom is -0.449 e. The van der Waals surface area contributed by atoms with Crippen LogP contribution >= 0.6 is 0 Å². The van der Waals surface area contributed by atoms with E-state index in [4.69, 9.17) is 4.74 Å². The summed E-state index contributed by atoms with van der Waals surface area (Å²) in [5.74, 6) is 0. The molecule has 0 N–H and O–H groups in total. The van der Waals surface area contributed by atoms with Gasteiger partial charge in [0.1, 0.15) is 6.10 Å². The third kappa shape index (κ3) is 2.64. The van der Waals surface area contributed by atoms with Gasteiger partial charge in [0.25, 0.3) is 0 Å². The molecule has 0 heterocycles. The van der Waals surface area contributed by atoms with Gasteiger partial charge in [-0.2, -0.15) is 0 Å². The zero-order valence-corrected chi connectivity index (χ0v) is 9.85. The van der Waals surface area contributed by atoms with Crippen LogP contribution in [-0.4, -0.2) is 6.47 Å². The van der Waals surface area contributed by atoms with Crippen LogP contribution in [0.2, 0.25) is 0 Å². The zero-order valence-electron chi connectivity index (χ0n) is 9.85. The second-order valence-corrected chi connectivity index (χ2v) is 4.09. The lowest BCUT2D eigenvalue weighted by atomic mass is 10.0. The summed E-state index contributed by atoms with van der Waals surface area (Å²) < 4.78 is 5.01. The first-order chi connectivity index (χ1) is 8.35. The zero-order chi connectivity index (χ0) is 12.1. The Hall–Kier alpha value is -1.83. The Kier molecular flexibility index (Phi) is 3.76. The first kappa shape index (κ1) is 11.6. The molecule has 2 aromatic rings. The van der Waals surface area contributed by atoms with Crippen molar-refractivity contribution >= 4 is 17.2 Å². The summed E-state index contributed by atoms with van der Waals surface area (Å²) >= 11 is 0. The van der Waals surface area contributed by atoms with Crippen molar-refractivity contribution in [1.29, 1.82) is 0 Å². The molecule has 1 atom stereocenters. The number of ether oxygens (including phenoxy) is 1. The lowest BCUT2D eigenvalue weighted by molar-refractivity contribution is 0.169. The van der Waals surface area contributed by atoms with Gasteiger partial charge in [0.2, 0.25) is 0 Å². The Labute approximate surface area is 101 Å². The highest BCUT2D eigenvalue weighted by atomic mass is 16.5. The fourth-order valence-corrected chi connectivity index (χ4v) is 2.02. The van der Waals surface area contributed by atoms with Crippen molar-refractivity contribution in [2.75, 3.05) is 0 Å². The predicted molar refractivity (Wildman–Crippen MR) is 68.4 cm³/mol. The molecule has 0 saturated carbocycles. The minimum absolute atomic E-state index is 0.179. The van der Waals surface area contributed by atoms with Crippen molar-refractivity contribution in [3.8, 4) is 0 Å². The van der Waals surface area contributed by atoms with E-state index < -0.39 is 0 Å². The number of benzene rings is 2. The normalized spacial score (nSPS) is 12.3. The smallest absolute Gasteiger partial charge is 0.418 e. The lowest BCUT2D eigenvalue weighted by Gasteiger charge is -2.14. The van der Waals surface area contributed by atoms with Crippen LogP contribution in [-0.2, 0) is 9.53 Å². The first-order valence-electron chi connectivity index (χ1n) is 5.86. The third-order valence-corrected chi connectivity index (χ3v) is 2.89. The Bertz CT molecular complexity index is 505. The van der Waals surface area contributed by atoms with Gasteiger partial charge in [-0.15, -0.1) is 0 Å². The van der Waals surface area contributed by atoms with Crippen molar-refractivity contribution < 1.29 is 9.53 Å². The molecule has 2 aromatic carbocycles. The molecule has 0 aromatic heterocycles. The Morgan fingerprint density at radius 1 is 1.18 bits per heavy atom. The highest BCUT2D eigenvalue weighted by Crippen LogP contribution is 2.25. The van der Waals surface area contributed by atoms with Gasteiger partial charge >= 0.3 is 6.47 Å². The summed E-state index contributed by atoms with van der Waals surface area (Å²) in [5.41, 5.74) is 1.04. The van der Waals surface area contributed by atoms with Crippen LogP contribution in [0.4, 0.5) is 0 Å². The number of rotatable bonds is 5. The molecule has 0 aliphatic rings. The van der Waals surface area contributed by atoms with Crippen LogP contribution in [0, 0.1) is 0 Å². The van der Waals surface area contributed by atoms with Crippen molar-refractivity contribution in [2.24, 2.45) is 0 Å². The highest BCUT2D eigenvalue weighted by Gasteiger charge is 2.11. The average Bonchev–Trinajstić information content (AvgIpc) is 2.38. The van der Waals surface area contributed by atoms with Gasteiger partial charge in [-0.3, -0.25) is 0 Å². The monoisotopic (exact) mass is 227 g/mol. The van der Waals surface area contributed by atoms with Gasteiger partial charge in [-0.05, 0) is 28.8 Å². The van der Waals surface area contributed by atoms with Crippen LogP contribution in [0.15, 0.2) is 42.5 Å². The van der Waals surface area contributed by atoms with E-state index >= 15 is 0 Å². The molecule has 0 amide bonds. The van der Waals surface area contributed by atoms with Gasteiger partial charge in [0.15, 0.2) is 0 Å². The van der Waals surface area contributed by atoms with E-state index in [-0.39, 0.29) is 6.10 Å². The van der Waals surface area contributed by atoms with Crippen LogP contribution in [0.25, 0.3) is 10.8 Å². The maximum atomic E-state index is 10.4. The second kappa shape index (κ2) is 5.48. The fraction of sp³-hybridized carbons (Fsp3) is 0.267. The lowest BCUT2D eigenvalue weighted by Crippen LogP contribution is -2.02. The summed E-state index contributed by atoms with van der Waals surface area (Å²) in [6.45, 7) is 3.62. The number of hydrogen-bond donors (Lipinski definition) is 0. The third-order valence-electron chi connectivity index (χ3n) is 2.89. The molecule has 0 spiro atoms. The topological polar surface area (TPSA) is 26.3 Å². The SMILES string of the molecule is CCCC(O[C]=O)c1ccc2ccccc2c1. The summed E-state index contributed by atoms with van der Waals surface area (Å²) in [7, 11) is 0. The van der Waals surface area contributed by atoms with E-state index in [1.807, 2.05) is 18.2 Å². The van der Waals surface area contributed by atoms with Crippen LogP contribution < -0.4 is 0 Å². The summed E-state index contributed by atoms with van der Waals surface area (Å²) in [6.07, 6.45) is 1.62. The maximum Gasteiger partial charge on any atom is 0.418 e. The van der Waals surface area contributed by atoms with Crippen LogP contribution in [0.5, 0.6) is 0 Å². The molecule has 0 aliphatic carbocycles. The molecule has 2 heteroatoms. The molecule has 1 radical (unpaired) electrons. The van der Waals surface area contributed by atoms with Gasteiger partial charge < -0.3 is 4.74 Å². The molecule has 2 rings (SSSR count). The van der Waals surface area contributed by atoms with Gasteiger partial charge in [-0.1, -0.05) is 49.7 Å². The average molecular weight is 227 g/mol. The second-order valence-electron chi connectivity index (χ2n) is 4.09. The van der Waals surface area contributed by atoms with Crippen LogP contribution in [0.3, 0.4) is 0 Å². The molecule has 0 bridgehead atoms. The minimum atomic E-state index is -0.179. The van der Waals surface area contributed by atoms with Crippen molar-refractivity contribution in [2.45, 2.75) is 25.9 Å². The molecule has 0 aliphatic heterocycles. The standard InChI is InChI=1S/C15H15O2/c1-2-5-15(17-11-16)14-9-8-12-6-3-4-7-13(12)10-14/h3-4,6-10,15H,2,5H2,1H3. The summed E-state index contributed by atoms with van der Waals surface area (Å²) in [5, 5.41) is 2.36. The quantitative estimate of drug-likeness (QED) is 0.777. The molecule has 17 heavy (non-hydrogen) atoms. The van der Waals surface area contributed by atoms with E-state index in [9.17, 15) is 4.79 Å². The molecule has 1 unspecified atom stereocenters. The fourth-order valence-electron chi connectivity index (χ4n) is 2.02. The maximum absolute atomic E-state index is 10.4. The van der Waals surface area contributed by atoms with E-state index in [2.05, 4.69) is 31.2 Å². The Morgan fingerprint density at radius 3 is 2.65 bits per heavy atom. The van der Waals surface area contributed by atoms with Crippen molar-refractivity contribution in [1.82, 2.24) is 0 Å². The van der Waals surface area contributed by atoms with Gasteiger partial charge in [-0.25, -0.2) is 4.79 Å². The number of hydrogen-bond acceptors (Lipinski definition) is 2. The summed E-state index contributed by atoms with van der Waals surface area (Å²) in [4.78, 5) is 10.4. The van der Waals surface area contributed by atoms with Crippen molar-refractivity contribution in [3.05, 3.63) is 48.0 Å². The van der Waals surface area contributed by atoms with E-state index in [0.29, 0.717) is 0 Å². The van der Waals surface area contributed by atoms with Crippen LogP contribution in [0.1, 0.15) is 31.4 Å². The van der Waals surface area contributed by atoms with Crippen molar-refractivity contribution in [3.63, 3.8) is 0 Å². The molecule has 2 nitrogen and oxygen atoms in total. The van der Waals surface area contributed by atoms with E-state index in [1.165, 1.54) is 10.8 Å². The molecule has 0 saturated heterocycles. The first-order valence-corrected chi connectivity index (χ1v) is 5.86. The van der Waals surface area contributed by atoms with E-state index in [1.54, 1.807) is 6.47 Å². The Balaban J connectivity index is 2.35. The van der Waals surface area contributed by atoms with E-state index in [0.717, 1.165) is 18.4 Å². The van der Waals surface area contributed by atoms with Gasteiger partial charge in [0, 0.05) is 0 Å². The summed E-state index contributed by atoms with van der Waals surface area (Å²) in [6, 6.07) is 14.3. The molecule has 87 valence electrons. The predicted octanol–water partition coefficient (Wildman–Crippen LogP) is 3.76. The molecular formula is C15H15O2. The highest BCUT2D eigenvalue weighted by molar-refractivity contribution is 5.83. The number of carbonyl (C=O) groups excluding carboxylic acids is 1.